The van der Waals surface area contributed by atoms with E-state index in [1.54, 1.807) is 28.5 Å². The van der Waals surface area contributed by atoms with Gasteiger partial charge in [0.25, 0.3) is 5.91 Å². The topological polar surface area (TPSA) is 56.2 Å². The normalized spacial score (nSPS) is 10.8. The van der Waals surface area contributed by atoms with Gasteiger partial charge in [-0.3, -0.25) is 9.48 Å². The number of benzene rings is 2. The van der Waals surface area contributed by atoms with Gasteiger partial charge in [-0.1, -0.05) is 28.1 Å². The summed E-state index contributed by atoms with van der Waals surface area (Å²) >= 11 is 4.66. The van der Waals surface area contributed by atoms with Crippen LogP contribution >= 0.6 is 27.3 Å². The maximum absolute atomic E-state index is 13.6. The molecule has 4 rings (SSSR count). The number of ether oxygens (including phenoxy) is 1. The molecule has 31 heavy (non-hydrogen) atoms. The molecule has 0 atom stereocenters. The van der Waals surface area contributed by atoms with Crippen LogP contribution in [0.4, 0.5) is 14.5 Å². The van der Waals surface area contributed by atoms with Crippen molar-refractivity contribution in [3.05, 3.63) is 98.4 Å². The molecule has 2 heterocycles. The molecule has 158 valence electrons. The summed E-state index contributed by atoms with van der Waals surface area (Å²) in [4.78, 5) is 13.0. The summed E-state index contributed by atoms with van der Waals surface area (Å²) in [5.74, 6) is -1.75. The molecule has 0 unspecified atom stereocenters. The lowest BCUT2D eigenvalue weighted by Crippen LogP contribution is -2.09. The van der Waals surface area contributed by atoms with Gasteiger partial charge in [0.15, 0.2) is 11.6 Å². The number of carbonyl (C=O) groups is 1. The Labute approximate surface area is 189 Å². The maximum Gasteiger partial charge on any atom is 0.265 e. The van der Waals surface area contributed by atoms with Gasteiger partial charge in [0.05, 0.1) is 23.3 Å². The van der Waals surface area contributed by atoms with E-state index in [2.05, 4.69) is 26.3 Å². The summed E-state index contributed by atoms with van der Waals surface area (Å²) in [6.45, 7) is 0.654. The van der Waals surface area contributed by atoms with Crippen molar-refractivity contribution in [1.82, 2.24) is 9.78 Å². The Morgan fingerprint density at radius 3 is 2.71 bits per heavy atom. The van der Waals surface area contributed by atoms with Crippen LogP contribution in [0.3, 0.4) is 0 Å². The lowest BCUT2D eigenvalue weighted by molar-refractivity contribution is 0.103. The summed E-state index contributed by atoms with van der Waals surface area (Å²) in [5, 5.41) is 8.85. The molecule has 4 aromatic rings. The van der Waals surface area contributed by atoms with Crippen LogP contribution in [0, 0.1) is 11.6 Å². The third kappa shape index (κ3) is 5.56. The van der Waals surface area contributed by atoms with Gasteiger partial charge in [0.2, 0.25) is 0 Å². The molecular formula is C22H16BrF2N3O2S. The van der Waals surface area contributed by atoms with Gasteiger partial charge in [0.1, 0.15) is 12.4 Å². The van der Waals surface area contributed by atoms with Crippen LogP contribution in [0.15, 0.2) is 70.8 Å². The van der Waals surface area contributed by atoms with Gasteiger partial charge in [-0.25, -0.2) is 8.78 Å². The van der Waals surface area contributed by atoms with E-state index in [1.807, 2.05) is 24.3 Å². The molecule has 9 heteroatoms. The van der Waals surface area contributed by atoms with Crippen LogP contribution in [-0.4, -0.2) is 15.7 Å². The summed E-state index contributed by atoms with van der Waals surface area (Å²) < 4.78 is 34.7. The number of hydrogen-bond donors (Lipinski definition) is 1. The van der Waals surface area contributed by atoms with Crippen LogP contribution < -0.4 is 10.1 Å². The second kappa shape index (κ2) is 9.40. The second-order valence-corrected chi connectivity index (χ2v) is 8.52. The highest BCUT2D eigenvalue weighted by atomic mass is 79.9. The third-order valence-corrected chi connectivity index (χ3v) is 5.82. The largest absolute Gasteiger partial charge is 0.486 e. The van der Waals surface area contributed by atoms with Gasteiger partial charge in [0, 0.05) is 22.3 Å². The minimum Gasteiger partial charge on any atom is -0.486 e. The van der Waals surface area contributed by atoms with Gasteiger partial charge < -0.3 is 10.1 Å². The van der Waals surface area contributed by atoms with E-state index in [1.165, 1.54) is 17.4 Å². The SMILES string of the molecule is O=C(Nc1cnn(Cc2ccc(Br)cc2)c1)c1cc(COc2ccc(F)cc2F)cs1. The summed E-state index contributed by atoms with van der Waals surface area (Å²) in [5.41, 5.74) is 2.39. The third-order valence-electron chi connectivity index (χ3n) is 4.31. The van der Waals surface area contributed by atoms with E-state index in [4.69, 9.17) is 4.74 Å². The Hall–Kier alpha value is -3.04. The summed E-state index contributed by atoms with van der Waals surface area (Å²) in [6.07, 6.45) is 3.35. The average molecular weight is 504 g/mol. The van der Waals surface area contributed by atoms with E-state index in [0.29, 0.717) is 22.7 Å². The van der Waals surface area contributed by atoms with E-state index < -0.39 is 11.6 Å². The lowest BCUT2D eigenvalue weighted by Gasteiger charge is -2.05. The number of amides is 1. The number of hydrogen-bond acceptors (Lipinski definition) is 4. The van der Waals surface area contributed by atoms with E-state index in [0.717, 1.165) is 22.2 Å². The molecule has 0 saturated carbocycles. The van der Waals surface area contributed by atoms with Crippen molar-refractivity contribution in [3.8, 4) is 5.75 Å². The zero-order valence-electron chi connectivity index (χ0n) is 16.0. The van der Waals surface area contributed by atoms with Crippen molar-refractivity contribution in [2.24, 2.45) is 0 Å². The number of carbonyl (C=O) groups excluding carboxylic acids is 1. The number of halogens is 3. The maximum atomic E-state index is 13.6. The summed E-state index contributed by atoms with van der Waals surface area (Å²) in [6, 6.07) is 12.7. The quantitative estimate of drug-likeness (QED) is 0.343. The van der Waals surface area contributed by atoms with Crippen molar-refractivity contribution in [3.63, 3.8) is 0 Å². The highest BCUT2D eigenvalue weighted by Gasteiger charge is 2.12. The van der Waals surface area contributed by atoms with Crippen molar-refractivity contribution in [2.75, 3.05) is 5.32 Å². The molecule has 0 fully saturated rings. The second-order valence-electron chi connectivity index (χ2n) is 6.69. The fraction of sp³-hybridized carbons (Fsp3) is 0.0909. The Kier molecular flexibility index (Phi) is 6.43. The molecule has 0 radical (unpaired) electrons. The van der Waals surface area contributed by atoms with Crippen molar-refractivity contribution in [2.45, 2.75) is 13.2 Å². The molecule has 0 saturated heterocycles. The van der Waals surface area contributed by atoms with E-state index in [-0.39, 0.29) is 18.3 Å². The molecule has 1 N–H and O–H groups in total. The first kappa shape index (κ1) is 21.2. The van der Waals surface area contributed by atoms with Crippen LogP contribution in [0.2, 0.25) is 0 Å². The zero-order chi connectivity index (χ0) is 21.8. The zero-order valence-corrected chi connectivity index (χ0v) is 18.4. The van der Waals surface area contributed by atoms with Gasteiger partial charge in [-0.05, 0) is 41.3 Å². The lowest BCUT2D eigenvalue weighted by atomic mass is 10.2. The highest BCUT2D eigenvalue weighted by Crippen LogP contribution is 2.22. The minimum atomic E-state index is -0.770. The fourth-order valence-corrected chi connectivity index (χ4v) is 3.86. The van der Waals surface area contributed by atoms with E-state index >= 15 is 0 Å². The fourth-order valence-electron chi connectivity index (χ4n) is 2.81. The first-order valence-electron chi connectivity index (χ1n) is 9.20. The number of thiophene rings is 1. The molecular weight excluding hydrogens is 488 g/mol. The number of anilines is 1. The average Bonchev–Trinajstić information content (AvgIpc) is 3.39. The molecule has 2 aromatic heterocycles. The van der Waals surface area contributed by atoms with Crippen molar-refractivity contribution < 1.29 is 18.3 Å². The first-order valence-corrected chi connectivity index (χ1v) is 10.9. The van der Waals surface area contributed by atoms with Gasteiger partial charge in [-0.2, -0.15) is 5.10 Å². The molecule has 0 spiro atoms. The minimum absolute atomic E-state index is 0.0446. The van der Waals surface area contributed by atoms with Crippen LogP contribution in [-0.2, 0) is 13.2 Å². The molecule has 2 aromatic carbocycles. The van der Waals surface area contributed by atoms with Gasteiger partial charge >= 0.3 is 0 Å². The smallest absolute Gasteiger partial charge is 0.265 e. The molecule has 0 aliphatic rings. The molecule has 1 amide bonds. The van der Waals surface area contributed by atoms with Gasteiger partial charge in [-0.15, -0.1) is 11.3 Å². The van der Waals surface area contributed by atoms with E-state index in [9.17, 15) is 13.6 Å². The Bertz CT molecular complexity index is 1210. The molecule has 0 aliphatic heterocycles. The number of nitrogens with zero attached hydrogens (tertiary/aromatic N) is 2. The van der Waals surface area contributed by atoms with Crippen molar-refractivity contribution >= 4 is 38.9 Å². The van der Waals surface area contributed by atoms with Crippen LogP contribution in [0.25, 0.3) is 0 Å². The molecule has 5 nitrogen and oxygen atoms in total. The summed E-state index contributed by atoms with van der Waals surface area (Å²) in [7, 11) is 0. The predicted octanol–water partition coefficient (Wildman–Crippen LogP) is 5.86. The molecule has 0 bridgehead atoms. The number of aromatic nitrogens is 2. The van der Waals surface area contributed by atoms with Crippen LogP contribution in [0.1, 0.15) is 20.8 Å². The van der Waals surface area contributed by atoms with Crippen molar-refractivity contribution in [1.29, 1.82) is 0 Å². The monoisotopic (exact) mass is 503 g/mol. The predicted molar refractivity (Wildman–Crippen MR) is 118 cm³/mol. The first-order chi connectivity index (χ1) is 15.0. The Morgan fingerprint density at radius 1 is 1.13 bits per heavy atom. The standard InChI is InChI=1S/C22H16BrF2N3O2S/c23-16-3-1-14(2-4-16)10-28-11-18(9-26-28)27-22(29)21-7-15(13-31-21)12-30-20-6-5-17(24)8-19(20)25/h1-9,11,13H,10,12H2,(H,27,29). The number of rotatable bonds is 7. The van der Waals surface area contributed by atoms with Crippen LogP contribution in [0.5, 0.6) is 5.75 Å². The molecule has 0 aliphatic carbocycles. The number of nitrogens with one attached hydrogen (secondary N) is 1. The Balaban J connectivity index is 1.33. The Morgan fingerprint density at radius 2 is 1.94 bits per heavy atom. The highest BCUT2D eigenvalue weighted by molar-refractivity contribution is 9.10.